The zero-order chi connectivity index (χ0) is 13.7. The molecule has 1 rings (SSSR count). The molecule has 0 aliphatic heterocycles. The Kier molecular flexibility index (Phi) is 5.44. The summed E-state index contributed by atoms with van der Waals surface area (Å²) in [5.74, 6) is -2.38. The maximum absolute atomic E-state index is 11.5. The molecule has 1 aromatic carbocycles. The standard InChI is InChI=1S/C12H12Cl2O4/c1-17-11(15)8(12(16)18-2)6-7-4-3-5-9(13)10(7)14/h3-5,8H,6H2,1-2H3. The summed E-state index contributed by atoms with van der Waals surface area (Å²) in [6.45, 7) is 0. The molecule has 6 heteroatoms. The molecule has 0 saturated heterocycles. The Morgan fingerprint density at radius 2 is 1.72 bits per heavy atom. The second kappa shape index (κ2) is 6.61. The van der Waals surface area contributed by atoms with E-state index >= 15 is 0 Å². The predicted octanol–water partition coefficient (Wildman–Crippen LogP) is 2.50. The fourth-order valence-electron chi connectivity index (χ4n) is 1.47. The summed E-state index contributed by atoms with van der Waals surface area (Å²) in [5, 5.41) is 0.680. The van der Waals surface area contributed by atoms with Gasteiger partial charge in [-0.15, -0.1) is 0 Å². The zero-order valence-corrected chi connectivity index (χ0v) is 11.4. The van der Waals surface area contributed by atoms with Gasteiger partial charge in [-0.05, 0) is 18.1 Å². The molecule has 1 aromatic rings. The highest BCUT2D eigenvalue weighted by atomic mass is 35.5. The molecule has 0 unspecified atom stereocenters. The van der Waals surface area contributed by atoms with Crippen molar-refractivity contribution in [2.45, 2.75) is 6.42 Å². The molecule has 0 radical (unpaired) electrons. The van der Waals surface area contributed by atoms with Crippen molar-refractivity contribution in [1.82, 2.24) is 0 Å². The van der Waals surface area contributed by atoms with Gasteiger partial charge in [0.05, 0.1) is 24.3 Å². The molecule has 0 fully saturated rings. The van der Waals surface area contributed by atoms with Gasteiger partial charge in [0.25, 0.3) is 0 Å². The fourth-order valence-corrected chi connectivity index (χ4v) is 1.87. The fraction of sp³-hybridized carbons (Fsp3) is 0.333. The first-order valence-electron chi connectivity index (χ1n) is 5.09. The highest BCUT2D eigenvalue weighted by Crippen LogP contribution is 2.27. The second-order valence-electron chi connectivity index (χ2n) is 3.52. The molecular weight excluding hydrogens is 279 g/mol. The Balaban J connectivity index is 3.00. The van der Waals surface area contributed by atoms with Crippen LogP contribution in [0.1, 0.15) is 5.56 Å². The van der Waals surface area contributed by atoms with Crippen LogP contribution in [0.25, 0.3) is 0 Å². The summed E-state index contributed by atoms with van der Waals surface area (Å²) in [6.07, 6.45) is 0.0821. The van der Waals surface area contributed by atoms with Crippen molar-refractivity contribution in [3.05, 3.63) is 33.8 Å². The number of ether oxygens (including phenoxy) is 2. The summed E-state index contributed by atoms with van der Waals surface area (Å²) in [4.78, 5) is 23.0. The summed E-state index contributed by atoms with van der Waals surface area (Å²) in [7, 11) is 2.41. The molecule has 18 heavy (non-hydrogen) atoms. The van der Waals surface area contributed by atoms with Gasteiger partial charge < -0.3 is 9.47 Å². The summed E-state index contributed by atoms with van der Waals surface area (Å²) >= 11 is 11.9. The Morgan fingerprint density at radius 1 is 1.17 bits per heavy atom. The van der Waals surface area contributed by atoms with E-state index in [1.165, 1.54) is 14.2 Å². The van der Waals surface area contributed by atoms with E-state index in [4.69, 9.17) is 23.2 Å². The first kappa shape index (κ1) is 14.8. The minimum Gasteiger partial charge on any atom is -0.468 e. The van der Waals surface area contributed by atoms with Crippen LogP contribution in [0.3, 0.4) is 0 Å². The number of rotatable bonds is 4. The lowest BCUT2D eigenvalue weighted by molar-refractivity contribution is -0.158. The molecule has 4 nitrogen and oxygen atoms in total. The largest absolute Gasteiger partial charge is 0.468 e. The number of hydrogen-bond acceptors (Lipinski definition) is 4. The number of esters is 2. The number of benzene rings is 1. The summed E-state index contributed by atoms with van der Waals surface area (Å²) < 4.78 is 9.12. The Bertz CT molecular complexity index is 443. The molecule has 0 aromatic heterocycles. The smallest absolute Gasteiger partial charge is 0.320 e. The molecule has 0 aliphatic carbocycles. The summed E-state index contributed by atoms with van der Waals surface area (Å²) in [6, 6.07) is 5.00. The highest BCUT2D eigenvalue weighted by molar-refractivity contribution is 6.42. The molecule has 0 saturated carbocycles. The van der Waals surface area contributed by atoms with E-state index in [9.17, 15) is 9.59 Å². The van der Waals surface area contributed by atoms with Crippen molar-refractivity contribution in [3.63, 3.8) is 0 Å². The quantitative estimate of drug-likeness (QED) is 0.632. The van der Waals surface area contributed by atoms with E-state index in [-0.39, 0.29) is 6.42 Å². The second-order valence-corrected chi connectivity index (χ2v) is 4.30. The topological polar surface area (TPSA) is 52.6 Å². The minimum atomic E-state index is -1.05. The maximum atomic E-state index is 11.5. The van der Waals surface area contributed by atoms with Crippen molar-refractivity contribution >= 4 is 35.1 Å². The van der Waals surface area contributed by atoms with Crippen LogP contribution < -0.4 is 0 Å². The average molecular weight is 291 g/mol. The zero-order valence-electron chi connectivity index (χ0n) is 9.91. The lowest BCUT2D eigenvalue weighted by Crippen LogP contribution is -2.28. The van der Waals surface area contributed by atoms with Crippen molar-refractivity contribution in [3.8, 4) is 0 Å². The van der Waals surface area contributed by atoms with E-state index < -0.39 is 17.9 Å². The van der Waals surface area contributed by atoms with Gasteiger partial charge in [0.1, 0.15) is 0 Å². The predicted molar refractivity (Wildman–Crippen MR) is 67.7 cm³/mol. The molecule has 0 amide bonds. The highest BCUT2D eigenvalue weighted by Gasteiger charge is 2.29. The van der Waals surface area contributed by atoms with Crippen LogP contribution in [0, 0.1) is 5.92 Å². The number of hydrogen-bond donors (Lipinski definition) is 0. The molecule has 0 bridgehead atoms. The normalized spacial score (nSPS) is 10.3. The Morgan fingerprint density at radius 3 is 2.22 bits per heavy atom. The van der Waals surface area contributed by atoms with E-state index in [1.54, 1.807) is 18.2 Å². The van der Waals surface area contributed by atoms with Crippen LogP contribution in [-0.2, 0) is 25.5 Å². The third-order valence-corrected chi connectivity index (χ3v) is 3.29. The van der Waals surface area contributed by atoms with Crippen LogP contribution in [0.5, 0.6) is 0 Å². The van der Waals surface area contributed by atoms with Gasteiger partial charge in [0, 0.05) is 0 Å². The van der Waals surface area contributed by atoms with Crippen molar-refractivity contribution in [2.24, 2.45) is 5.92 Å². The third kappa shape index (κ3) is 3.37. The van der Waals surface area contributed by atoms with Gasteiger partial charge in [-0.25, -0.2) is 0 Å². The van der Waals surface area contributed by atoms with Crippen LogP contribution in [0.15, 0.2) is 18.2 Å². The van der Waals surface area contributed by atoms with E-state index in [0.717, 1.165) is 0 Å². The molecule has 0 N–H and O–H groups in total. The van der Waals surface area contributed by atoms with Crippen LogP contribution in [0.2, 0.25) is 10.0 Å². The van der Waals surface area contributed by atoms with Crippen LogP contribution >= 0.6 is 23.2 Å². The lowest BCUT2D eigenvalue weighted by atomic mass is 9.99. The van der Waals surface area contributed by atoms with E-state index in [1.807, 2.05) is 0 Å². The van der Waals surface area contributed by atoms with Gasteiger partial charge in [-0.3, -0.25) is 9.59 Å². The Hall–Kier alpha value is -1.26. The van der Waals surface area contributed by atoms with Crippen molar-refractivity contribution in [2.75, 3.05) is 14.2 Å². The maximum Gasteiger partial charge on any atom is 0.320 e. The number of methoxy groups -OCH3 is 2. The lowest BCUT2D eigenvalue weighted by Gasteiger charge is -2.13. The molecule has 0 spiro atoms. The Labute approximate surface area is 115 Å². The first-order chi connectivity index (χ1) is 8.51. The van der Waals surface area contributed by atoms with Crippen LogP contribution in [-0.4, -0.2) is 26.2 Å². The first-order valence-corrected chi connectivity index (χ1v) is 5.85. The van der Waals surface area contributed by atoms with Crippen LogP contribution in [0.4, 0.5) is 0 Å². The number of carbonyl (C=O) groups excluding carboxylic acids is 2. The third-order valence-electron chi connectivity index (χ3n) is 2.43. The molecule has 98 valence electrons. The van der Waals surface area contributed by atoms with Gasteiger partial charge >= 0.3 is 11.9 Å². The van der Waals surface area contributed by atoms with Gasteiger partial charge in [-0.1, -0.05) is 35.3 Å². The average Bonchev–Trinajstić information content (AvgIpc) is 2.38. The molecule has 0 heterocycles. The molecule has 0 atom stereocenters. The monoisotopic (exact) mass is 290 g/mol. The SMILES string of the molecule is COC(=O)C(Cc1cccc(Cl)c1Cl)C(=O)OC. The number of carbonyl (C=O) groups is 2. The van der Waals surface area contributed by atoms with E-state index in [0.29, 0.717) is 15.6 Å². The number of halogens is 2. The minimum absolute atomic E-state index is 0.0821. The van der Waals surface area contributed by atoms with E-state index in [2.05, 4.69) is 9.47 Å². The van der Waals surface area contributed by atoms with Crippen molar-refractivity contribution in [1.29, 1.82) is 0 Å². The molecule has 0 aliphatic rings. The summed E-state index contributed by atoms with van der Waals surface area (Å²) in [5.41, 5.74) is 0.588. The van der Waals surface area contributed by atoms with Gasteiger partial charge in [0.15, 0.2) is 5.92 Å². The van der Waals surface area contributed by atoms with Crippen molar-refractivity contribution < 1.29 is 19.1 Å². The molecular formula is C12H12Cl2O4. The van der Waals surface area contributed by atoms with Gasteiger partial charge in [-0.2, -0.15) is 0 Å². The van der Waals surface area contributed by atoms with Gasteiger partial charge in [0.2, 0.25) is 0 Å².